The number of amides is 2. The maximum atomic E-state index is 12.7. The monoisotopic (exact) mass is 395 g/mol. The number of H-pyrrole nitrogens is 1. The van der Waals surface area contributed by atoms with Crippen LogP contribution in [0, 0.1) is 6.92 Å². The molecule has 2 aromatic heterocycles. The van der Waals surface area contributed by atoms with E-state index in [9.17, 15) is 9.59 Å². The van der Waals surface area contributed by atoms with E-state index in [-0.39, 0.29) is 11.8 Å². The Labute approximate surface area is 171 Å². The third-order valence-corrected chi connectivity index (χ3v) is 5.11. The van der Waals surface area contributed by atoms with Crippen LogP contribution in [0.15, 0.2) is 65.9 Å². The quantitative estimate of drug-likeness (QED) is 0.491. The summed E-state index contributed by atoms with van der Waals surface area (Å²) in [7, 11) is 0. The SMILES string of the molecule is Cc1ncccc1C(=O)Nc1cc2c3c(c(-c4ccccc4)[nH]c3c1)C=NNC2=O. The van der Waals surface area contributed by atoms with Gasteiger partial charge in [-0.1, -0.05) is 30.3 Å². The molecule has 30 heavy (non-hydrogen) atoms. The molecule has 7 heteroatoms. The second-order valence-electron chi connectivity index (χ2n) is 7.02. The highest BCUT2D eigenvalue weighted by Gasteiger charge is 2.22. The van der Waals surface area contributed by atoms with Crippen LogP contribution in [-0.4, -0.2) is 28.0 Å². The number of hydrogen-bond acceptors (Lipinski definition) is 4. The molecule has 0 bridgehead atoms. The summed E-state index contributed by atoms with van der Waals surface area (Å²) in [6.45, 7) is 1.78. The summed E-state index contributed by atoms with van der Waals surface area (Å²) in [5.41, 5.74) is 8.00. The molecule has 0 radical (unpaired) electrons. The summed E-state index contributed by atoms with van der Waals surface area (Å²) in [6, 6.07) is 16.8. The van der Waals surface area contributed by atoms with E-state index in [0.29, 0.717) is 22.5 Å². The molecule has 1 aliphatic rings. The molecule has 1 aliphatic heterocycles. The molecule has 0 saturated carbocycles. The van der Waals surface area contributed by atoms with Gasteiger partial charge in [-0.15, -0.1) is 0 Å². The molecule has 0 fully saturated rings. The maximum absolute atomic E-state index is 12.7. The van der Waals surface area contributed by atoms with Gasteiger partial charge in [0.2, 0.25) is 0 Å². The molecule has 0 spiro atoms. The third-order valence-electron chi connectivity index (χ3n) is 5.11. The summed E-state index contributed by atoms with van der Waals surface area (Å²) < 4.78 is 0. The zero-order valence-electron chi connectivity index (χ0n) is 16.1. The molecule has 146 valence electrons. The number of benzene rings is 2. The summed E-state index contributed by atoms with van der Waals surface area (Å²) in [5.74, 6) is -0.616. The van der Waals surface area contributed by atoms with Crippen molar-refractivity contribution in [3.63, 3.8) is 0 Å². The normalized spacial score (nSPS) is 12.5. The van der Waals surface area contributed by atoms with Crippen LogP contribution in [-0.2, 0) is 0 Å². The predicted octanol–water partition coefficient (Wildman–Crippen LogP) is 3.87. The molecule has 0 unspecified atom stereocenters. The van der Waals surface area contributed by atoms with Gasteiger partial charge in [0.05, 0.1) is 23.0 Å². The van der Waals surface area contributed by atoms with Gasteiger partial charge < -0.3 is 10.3 Å². The zero-order chi connectivity index (χ0) is 20.7. The van der Waals surface area contributed by atoms with Gasteiger partial charge in [0, 0.05) is 34.0 Å². The Morgan fingerprint density at radius 2 is 1.90 bits per heavy atom. The second-order valence-corrected chi connectivity index (χ2v) is 7.02. The lowest BCUT2D eigenvalue weighted by molar-refractivity contribution is 0.0955. The minimum Gasteiger partial charge on any atom is -0.354 e. The van der Waals surface area contributed by atoms with Crippen LogP contribution in [0.4, 0.5) is 5.69 Å². The molecule has 5 rings (SSSR count). The highest BCUT2D eigenvalue weighted by molar-refractivity contribution is 6.18. The van der Waals surface area contributed by atoms with Crippen molar-refractivity contribution in [1.82, 2.24) is 15.4 Å². The Morgan fingerprint density at radius 1 is 1.07 bits per heavy atom. The van der Waals surface area contributed by atoms with Crippen LogP contribution in [0.3, 0.4) is 0 Å². The van der Waals surface area contributed by atoms with Crippen molar-refractivity contribution >= 4 is 34.6 Å². The van der Waals surface area contributed by atoms with Gasteiger partial charge in [0.15, 0.2) is 0 Å². The smallest absolute Gasteiger partial charge is 0.272 e. The predicted molar refractivity (Wildman–Crippen MR) is 116 cm³/mol. The Balaban J connectivity index is 1.65. The van der Waals surface area contributed by atoms with Crippen molar-refractivity contribution in [2.24, 2.45) is 5.10 Å². The van der Waals surface area contributed by atoms with Gasteiger partial charge in [0.25, 0.3) is 11.8 Å². The van der Waals surface area contributed by atoms with E-state index in [4.69, 9.17) is 0 Å². The summed E-state index contributed by atoms with van der Waals surface area (Å²) >= 11 is 0. The highest BCUT2D eigenvalue weighted by Crippen LogP contribution is 2.34. The first-order valence-corrected chi connectivity index (χ1v) is 9.43. The Morgan fingerprint density at radius 3 is 2.70 bits per heavy atom. The minimum atomic E-state index is -0.331. The van der Waals surface area contributed by atoms with Crippen molar-refractivity contribution in [1.29, 1.82) is 0 Å². The number of rotatable bonds is 3. The number of aryl methyl sites for hydroxylation is 1. The molecule has 0 saturated heterocycles. The van der Waals surface area contributed by atoms with Crippen LogP contribution in [0.1, 0.15) is 32.0 Å². The molecular formula is C23H17N5O2. The Bertz CT molecular complexity index is 1340. The van der Waals surface area contributed by atoms with Crippen molar-refractivity contribution in [2.75, 3.05) is 5.32 Å². The summed E-state index contributed by atoms with van der Waals surface area (Å²) in [5, 5.41) is 7.71. The second kappa shape index (κ2) is 6.97. The number of carbonyl (C=O) groups is 2. The third kappa shape index (κ3) is 2.93. The average Bonchev–Trinajstić information content (AvgIpc) is 3.03. The first-order valence-electron chi connectivity index (χ1n) is 9.43. The first kappa shape index (κ1) is 17.8. The van der Waals surface area contributed by atoms with E-state index in [0.717, 1.165) is 27.7 Å². The van der Waals surface area contributed by atoms with Crippen LogP contribution < -0.4 is 10.7 Å². The molecule has 2 aromatic carbocycles. The van der Waals surface area contributed by atoms with Crippen molar-refractivity contribution < 1.29 is 9.59 Å². The number of aromatic amines is 1. The van der Waals surface area contributed by atoms with Crippen LogP contribution in [0.2, 0.25) is 0 Å². The number of nitrogens with one attached hydrogen (secondary N) is 3. The minimum absolute atomic E-state index is 0.285. The number of nitrogens with zero attached hydrogens (tertiary/aromatic N) is 2. The van der Waals surface area contributed by atoms with Gasteiger partial charge in [0.1, 0.15) is 0 Å². The Kier molecular flexibility index (Phi) is 4.14. The molecule has 4 aromatic rings. The summed E-state index contributed by atoms with van der Waals surface area (Å²) in [6.07, 6.45) is 3.29. The maximum Gasteiger partial charge on any atom is 0.272 e. The molecule has 0 aliphatic carbocycles. The molecule has 3 N–H and O–H groups in total. The lowest BCUT2D eigenvalue weighted by Crippen LogP contribution is -2.18. The molecule has 2 amide bonds. The zero-order valence-corrected chi connectivity index (χ0v) is 16.1. The number of aromatic nitrogens is 2. The fraction of sp³-hybridized carbons (Fsp3) is 0.0435. The van der Waals surface area contributed by atoms with Crippen LogP contribution >= 0.6 is 0 Å². The van der Waals surface area contributed by atoms with Crippen molar-refractivity contribution in [3.05, 3.63) is 83.2 Å². The standard InChI is InChI=1S/C23H17N5O2/c1-13-16(8-5-9-24-13)22(29)26-15-10-17-20-18(12-25-28-23(17)30)21(27-19(20)11-15)14-6-3-2-4-7-14/h2-12,27H,1H3,(H,26,29)(H,28,30). The number of carbonyl (C=O) groups excluding carboxylic acids is 2. The van der Waals surface area contributed by atoms with Crippen LogP contribution in [0.25, 0.3) is 22.2 Å². The van der Waals surface area contributed by atoms with E-state index < -0.39 is 0 Å². The average molecular weight is 395 g/mol. The fourth-order valence-corrected chi connectivity index (χ4v) is 3.71. The fourth-order valence-electron chi connectivity index (χ4n) is 3.71. The molecule has 7 nitrogen and oxygen atoms in total. The van der Waals surface area contributed by atoms with Gasteiger partial charge in [-0.05, 0) is 36.8 Å². The van der Waals surface area contributed by atoms with Crippen molar-refractivity contribution in [2.45, 2.75) is 6.92 Å². The van der Waals surface area contributed by atoms with Crippen molar-refractivity contribution in [3.8, 4) is 11.3 Å². The van der Waals surface area contributed by atoms with E-state index in [1.54, 1.807) is 37.5 Å². The lowest BCUT2D eigenvalue weighted by atomic mass is 10.0. The van der Waals surface area contributed by atoms with Gasteiger partial charge in [-0.25, -0.2) is 5.43 Å². The molecule has 0 atom stereocenters. The Hall–Kier alpha value is -4.26. The van der Waals surface area contributed by atoms with E-state index in [1.165, 1.54) is 0 Å². The first-order chi connectivity index (χ1) is 14.6. The molecule has 3 heterocycles. The van der Waals surface area contributed by atoms with Gasteiger partial charge in [-0.3, -0.25) is 14.6 Å². The highest BCUT2D eigenvalue weighted by atomic mass is 16.2. The van der Waals surface area contributed by atoms with Crippen LogP contribution in [0.5, 0.6) is 0 Å². The van der Waals surface area contributed by atoms with Gasteiger partial charge >= 0.3 is 0 Å². The number of hydrazone groups is 1. The lowest BCUT2D eigenvalue weighted by Gasteiger charge is -2.09. The number of pyridine rings is 1. The topological polar surface area (TPSA) is 99.2 Å². The summed E-state index contributed by atoms with van der Waals surface area (Å²) in [4.78, 5) is 32.9. The largest absolute Gasteiger partial charge is 0.354 e. The number of anilines is 1. The van der Waals surface area contributed by atoms with E-state index >= 15 is 0 Å². The number of hydrogen-bond donors (Lipinski definition) is 3. The van der Waals surface area contributed by atoms with E-state index in [2.05, 4.69) is 25.8 Å². The van der Waals surface area contributed by atoms with E-state index in [1.807, 2.05) is 36.4 Å². The molecular weight excluding hydrogens is 378 g/mol. The van der Waals surface area contributed by atoms with Gasteiger partial charge in [-0.2, -0.15) is 5.10 Å².